The molecule has 1 aliphatic heterocycles. The maximum atomic E-state index is 13.1. The van der Waals surface area contributed by atoms with E-state index in [-0.39, 0.29) is 29.1 Å². The number of nitrogens with zero attached hydrogens (tertiary/aromatic N) is 2. The number of carbonyl (C=O) groups is 2. The molecule has 0 saturated carbocycles. The first-order chi connectivity index (χ1) is 14.2. The smallest absolute Gasteiger partial charge is 0.337 e. The minimum absolute atomic E-state index is 0.0154. The Hall–Kier alpha value is -3.88. The van der Waals surface area contributed by atoms with Crippen molar-refractivity contribution in [3.63, 3.8) is 0 Å². The number of ether oxygens (including phenoxy) is 1. The van der Waals surface area contributed by atoms with Crippen LogP contribution in [0.1, 0.15) is 34.3 Å². The summed E-state index contributed by atoms with van der Waals surface area (Å²) in [7, 11) is 2.88. The average Bonchev–Trinajstić information content (AvgIpc) is 2.73. The summed E-state index contributed by atoms with van der Waals surface area (Å²) in [6.45, 7) is 5.16. The molecule has 1 atom stereocenters. The van der Waals surface area contributed by atoms with E-state index in [4.69, 9.17) is 4.74 Å². The van der Waals surface area contributed by atoms with Gasteiger partial charge in [-0.1, -0.05) is 24.8 Å². The Morgan fingerprint density at radius 3 is 2.40 bits per heavy atom. The molecule has 1 aliphatic rings. The number of hydrogen-bond donors (Lipinski definition) is 2. The Balaban J connectivity index is 2.31. The number of carbonyl (C=O) groups excluding carboxylic acids is 1. The highest BCUT2D eigenvalue weighted by molar-refractivity contribution is 5.94. The second kappa shape index (κ2) is 7.86. The Morgan fingerprint density at radius 2 is 1.83 bits per heavy atom. The first-order valence-electron chi connectivity index (χ1n) is 9.08. The van der Waals surface area contributed by atoms with Gasteiger partial charge in [-0.2, -0.15) is 0 Å². The number of nitrogens with one attached hydrogen (secondary N) is 1. The SMILES string of the molecule is C=CCOC(=O)C1=C(C)Nc2c(c(=O)n(C)c(=O)n2C)C1c1ccc(C(=O)O)cc1. The Labute approximate surface area is 171 Å². The van der Waals surface area contributed by atoms with Crippen molar-refractivity contribution in [2.24, 2.45) is 14.1 Å². The van der Waals surface area contributed by atoms with Crippen molar-refractivity contribution in [2.45, 2.75) is 12.8 Å². The van der Waals surface area contributed by atoms with E-state index in [0.29, 0.717) is 11.3 Å². The lowest BCUT2D eigenvalue weighted by atomic mass is 9.82. The zero-order valence-corrected chi connectivity index (χ0v) is 16.8. The van der Waals surface area contributed by atoms with Crippen LogP contribution in [0.15, 0.2) is 57.8 Å². The molecule has 0 saturated heterocycles. The third kappa shape index (κ3) is 3.34. The van der Waals surface area contributed by atoms with Crippen LogP contribution in [0.4, 0.5) is 5.82 Å². The molecule has 0 aliphatic carbocycles. The van der Waals surface area contributed by atoms with Crippen LogP contribution >= 0.6 is 0 Å². The second-order valence-corrected chi connectivity index (χ2v) is 6.88. The number of carboxylic acid groups (broad SMARTS) is 1. The van der Waals surface area contributed by atoms with Gasteiger partial charge in [0, 0.05) is 19.8 Å². The van der Waals surface area contributed by atoms with Crippen LogP contribution in [0, 0.1) is 0 Å². The minimum Gasteiger partial charge on any atom is -0.478 e. The number of carboxylic acids is 1. The van der Waals surface area contributed by atoms with Crippen LogP contribution in [0.3, 0.4) is 0 Å². The molecule has 0 bridgehead atoms. The summed E-state index contributed by atoms with van der Waals surface area (Å²) in [6, 6.07) is 5.88. The van der Waals surface area contributed by atoms with E-state index in [0.717, 1.165) is 4.57 Å². The summed E-state index contributed by atoms with van der Waals surface area (Å²) in [5.41, 5.74) is 0.321. The summed E-state index contributed by atoms with van der Waals surface area (Å²) in [5.74, 6) is -2.32. The molecule has 9 heteroatoms. The second-order valence-electron chi connectivity index (χ2n) is 6.88. The van der Waals surface area contributed by atoms with Gasteiger partial charge in [-0.05, 0) is 24.6 Å². The fourth-order valence-corrected chi connectivity index (χ4v) is 3.52. The molecular formula is C21H21N3O6. The normalized spacial score (nSPS) is 15.2. The molecule has 2 heterocycles. The number of aromatic carboxylic acids is 1. The molecule has 9 nitrogen and oxygen atoms in total. The lowest BCUT2D eigenvalue weighted by molar-refractivity contribution is -0.138. The molecule has 1 unspecified atom stereocenters. The molecule has 0 radical (unpaired) electrons. The maximum absolute atomic E-state index is 13.1. The number of allylic oxidation sites excluding steroid dienone is 1. The van der Waals surface area contributed by atoms with Crippen LogP contribution in [-0.4, -0.2) is 32.8 Å². The van der Waals surface area contributed by atoms with Crippen molar-refractivity contribution in [3.05, 3.63) is 85.7 Å². The molecule has 1 aromatic heterocycles. The molecule has 0 spiro atoms. The van der Waals surface area contributed by atoms with Gasteiger partial charge < -0.3 is 15.2 Å². The fraction of sp³-hybridized carbons (Fsp3) is 0.238. The molecule has 30 heavy (non-hydrogen) atoms. The zero-order chi connectivity index (χ0) is 22.2. The van der Waals surface area contributed by atoms with Crippen molar-refractivity contribution in [2.75, 3.05) is 11.9 Å². The Morgan fingerprint density at radius 1 is 1.20 bits per heavy atom. The number of benzene rings is 1. The van der Waals surface area contributed by atoms with Gasteiger partial charge in [0.25, 0.3) is 5.56 Å². The largest absolute Gasteiger partial charge is 0.478 e. The highest BCUT2D eigenvalue weighted by Crippen LogP contribution is 2.39. The van der Waals surface area contributed by atoms with Gasteiger partial charge in [-0.25, -0.2) is 14.4 Å². The topological polar surface area (TPSA) is 120 Å². The monoisotopic (exact) mass is 411 g/mol. The van der Waals surface area contributed by atoms with E-state index in [1.54, 1.807) is 19.1 Å². The lowest BCUT2D eigenvalue weighted by Crippen LogP contribution is -2.43. The standard InChI is InChI=1S/C21H21N3O6/c1-5-10-30-20(28)14-11(2)22-17-16(18(25)24(4)21(29)23(17)3)15(14)12-6-8-13(9-7-12)19(26)27/h5-9,15,22H,1,10H2,2-4H3,(H,26,27). The predicted octanol–water partition coefficient (Wildman–Crippen LogP) is 1.34. The molecule has 1 aromatic carbocycles. The van der Waals surface area contributed by atoms with Crippen LogP contribution < -0.4 is 16.6 Å². The Kier molecular flexibility index (Phi) is 5.46. The predicted molar refractivity (Wildman–Crippen MR) is 110 cm³/mol. The van der Waals surface area contributed by atoms with Crippen LogP contribution in [0.5, 0.6) is 0 Å². The van der Waals surface area contributed by atoms with E-state index in [1.165, 1.54) is 36.9 Å². The lowest BCUT2D eigenvalue weighted by Gasteiger charge is -2.30. The fourth-order valence-electron chi connectivity index (χ4n) is 3.52. The van der Waals surface area contributed by atoms with Gasteiger partial charge in [0.1, 0.15) is 12.4 Å². The zero-order valence-electron chi connectivity index (χ0n) is 16.8. The number of hydrogen-bond acceptors (Lipinski definition) is 6. The van der Waals surface area contributed by atoms with Gasteiger partial charge >= 0.3 is 17.6 Å². The Bertz CT molecular complexity index is 1200. The summed E-state index contributed by atoms with van der Waals surface area (Å²) < 4.78 is 7.49. The first-order valence-corrected chi connectivity index (χ1v) is 9.08. The summed E-state index contributed by atoms with van der Waals surface area (Å²) in [4.78, 5) is 49.5. The van der Waals surface area contributed by atoms with Crippen LogP contribution in [0.25, 0.3) is 0 Å². The van der Waals surface area contributed by atoms with Crippen molar-refractivity contribution >= 4 is 17.8 Å². The first kappa shape index (κ1) is 20.8. The number of fused-ring (bicyclic) bond motifs is 1. The van der Waals surface area contributed by atoms with Crippen molar-refractivity contribution in [1.29, 1.82) is 0 Å². The van der Waals surface area contributed by atoms with E-state index < -0.39 is 29.1 Å². The number of anilines is 1. The minimum atomic E-state index is -1.09. The third-order valence-corrected chi connectivity index (χ3v) is 5.03. The average molecular weight is 411 g/mol. The molecule has 2 N–H and O–H groups in total. The molecule has 2 aromatic rings. The molecular weight excluding hydrogens is 390 g/mol. The molecule has 156 valence electrons. The quantitative estimate of drug-likeness (QED) is 0.563. The maximum Gasteiger partial charge on any atom is 0.337 e. The van der Waals surface area contributed by atoms with Gasteiger partial charge in [-0.3, -0.25) is 13.9 Å². The van der Waals surface area contributed by atoms with Crippen molar-refractivity contribution < 1.29 is 19.4 Å². The van der Waals surface area contributed by atoms with Crippen LogP contribution in [-0.2, 0) is 23.6 Å². The van der Waals surface area contributed by atoms with Gasteiger partial charge in [0.15, 0.2) is 0 Å². The van der Waals surface area contributed by atoms with E-state index in [9.17, 15) is 24.3 Å². The summed E-state index contributed by atoms with van der Waals surface area (Å²) in [5, 5.41) is 12.2. The van der Waals surface area contributed by atoms with Crippen LogP contribution in [0.2, 0.25) is 0 Å². The summed E-state index contributed by atoms with van der Waals surface area (Å²) in [6.07, 6.45) is 1.43. The number of aromatic nitrogens is 2. The van der Waals surface area contributed by atoms with E-state index in [2.05, 4.69) is 11.9 Å². The van der Waals surface area contributed by atoms with Gasteiger partial charge in [-0.15, -0.1) is 0 Å². The number of rotatable bonds is 5. The summed E-state index contributed by atoms with van der Waals surface area (Å²) >= 11 is 0. The van der Waals surface area contributed by atoms with Gasteiger partial charge in [0.05, 0.1) is 22.6 Å². The van der Waals surface area contributed by atoms with E-state index in [1.807, 2.05) is 0 Å². The highest BCUT2D eigenvalue weighted by Gasteiger charge is 2.37. The van der Waals surface area contributed by atoms with Crippen molar-refractivity contribution in [1.82, 2.24) is 9.13 Å². The molecule has 0 amide bonds. The number of esters is 1. The third-order valence-electron chi connectivity index (χ3n) is 5.03. The van der Waals surface area contributed by atoms with E-state index >= 15 is 0 Å². The highest BCUT2D eigenvalue weighted by atomic mass is 16.5. The molecule has 3 rings (SSSR count). The van der Waals surface area contributed by atoms with Gasteiger partial charge in [0.2, 0.25) is 0 Å². The van der Waals surface area contributed by atoms with Crippen molar-refractivity contribution in [3.8, 4) is 0 Å². The molecule has 0 fully saturated rings.